The smallest absolute Gasteiger partial charge is 0.318 e. The Morgan fingerprint density at radius 3 is 2.50 bits per heavy atom. The molecule has 1 atom stereocenters. The Labute approximate surface area is 95.0 Å². The molecular weight excluding hydrogens is 208 g/mol. The third-order valence-electron chi connectivity index (χ3n) is 3.14. The Balaban J connectivity index is 1.95. The van der Waals surface area contributed by atoms with Gasteiger partial charge in [-0.25, -0.2) is 4.79 Å². The van der Waals surface area contributed by atoms with Crippen LogP contribution in [-0.4, -0.2) is 67.0 Å². The van der Waals surface area contributed by atoms with Gasteiger partial charge in [0.15, 0.2) is 0 Å². The first kappa shape index (κ1) is 11.2. The van der Waals surface area contributed by atoms with Gasteiger partial charge in [0.2, 0.25) is 5.91 Å². The number of carbonyl (C=O) groups excluding carboxylic acids is 2. The lowest BCUT2D eigenvalue weighted by Crippen LogP contribution is -2.53. The number of amides is 3. The molecule has 0 saturated carbocycles. The van der Waals surface area contributed by atoms with Crippen molar-refractivity contribution in [3.63, 3.8) is 0 Å². The number of piperazine rings is 1. The largest absolute Gasteiger partial charge is 0.338 e. The van der Waals surface area contributed by atoms with Crippen molar-refractivity contribution in [3.8, 4) is 0 Å². The van der Waals surface area contributed by atoms with Crippen LogP contribution in [0.3, 0.4) is 0 Å². The number of hydrogen-bond acceptors (Lipinski definition) is 3. The second kappa shape index (κ2) is 4.69. The lowest BCUT2D eigenvalue weighted by atomic mass is 10.2. The number of nitrogens with zero attached hydrogens (tertiary/aromatic N) is 2. The van der Waals surface area contributed by atoms with Gasteiger partial charge in [0.25, 0.3) is 0 Å². The van der Waals surface area contributed by atoms with E-state index in [0.29, 0.717) is 13.1 Å². The molecule has 2 fully saturated rings. The highest BCUT2D eigenvalue weighted by Crippen LogP contribution is 2.08. The third-order valence-corrected chi connectivity index (χ3v) is 3.14. The summed E-state index contributed by atoms with van der Waals surface area (Å²) in [6, 6.07) is -0.475. The molecule has 0 aromatic rings. The average molecular weight is 226 g/mol. The van der Waals surface area contributed by atoms with Gasteiger partial charge in [-0.2, -0.15) is 0 Å². The maximum absolute atomic E-state index is 12.1. The summed E-state index contributed by atoms with van der Waals surface area (Å²) >= 11 is 0. The number of rotatable bonds is 2. The van der Waals surface area contributed by atoms with E-state index in [-0.39, 0.29) is 18.0 Å². The Kier molecular flexibility index (Phi) is 3.28. The summed E-state index contributed by atoms with van der Waals surface area (Å²) in [6.07, 6.45) is 0. The first-order valence-electron chi connectivity index (χ1n) is 5.74. The molecule has 16 heavy (non-hydrogen) atoms. The van der Waals surface area contributed by atoms with Gasteiger partial charge < -0.3 is 20.4 Å². The predicted molar refractivity (Wildman–Crippen MR) is 59.0 cm³/mol. The van der Waals surface area contributed by atoms with E-state index in [4.69, 9.17) is 0 Å². The van der Waals surface area contributed by atoms with Crippen LogP contribution in [0.15, 0.2) is 0 Å². The number of nitrogens with one attached hydrogen (secondary N) is 2. The van der Waals surface area contributed by atoms with Crippen molar-refractivity contribution in [2.45, 2.75) is 13.0 Å². The molecule has 2 N–H and O–H groups in total. The van der Waals surface area contributed by atoms with Gasteiger partial charge in [-0.1, -0.05) is 0 Å². The van der Waals surface area contributed by atoms with Crippen LogP contribution in [0, 0.1) is 0 Å². The van der Waals surface area contributed by atoms with Gasteiger partial charge in [-0.05, 0) is 6.92 Å². The minimum Gasteiger partial charge on any atom is -0.338 e. The van der Waals surface area contributed by atoms with Crippen molar-refractivity contribution in [1.29, 1.82) is 0 Å². The molecule has 0 aromatic heterocycles. The number of urea groups is 1. The minimum atomic E-state index is -0.347. The molecule has 2 aliphatic rings. The van der Waals surface area contributed by atoms with E-state index in [9.17, 15) is 9.59 Å². The zero-order chi connectivity index (χ0) is 11.5. The molecule has 2 rings (SSSR count). The van der Waals surface area contributed by atoms with Gasteiger partial charge in [0, 0.05) is 39.3 Å². The highest BCUT2D eigenvalue weighted by molar-refractivity contribution is 5.87. The lowest BCUT2D eigenvalue weighted by molar-refractivity contribution is -0.135. The molecule has 2 aliphatic heterocycles. The molecular formula is C10H18N4O2. The van der Waals surface area contributed by atoms with E-state index in [0.717, 1.165) is 26.2 Å². The molecule has 0 bridgehead atoms. The SMILES string of the molecule is CC(C(=O)N1CCNCC1)N1CCNC1=O. The maximum atomic E-state index is 12.1. The molecule has 90 valence electrons. The van der Waals surface area contributed by atoms with E-state index in [1.54, 1.807) is 11.8 Å². The maximum Gasteiger partial charge on any atom is 0.318 e. The van der Waals surface area contributed by atoms with Crippen LogP contribution < -0.4 is 10.6 Å². The van der Waals surface area contributed by atoms with Gasteiger partial charge in [-0.15, -0.1) is 0 Å². The molecule has 0 aliphatic carbocycles. The summed E-state index contributed by atoms with van der Waals surface area (Å²) < 4.78 is 0. The highest BCUT2D eigenvalue weighted by atomic mass is 16.2. The van der Waals surface area contributed by atoms with Crippen LogP contribution in [0.4, 0.5) is 4.79 Å². The summed E-state index contributed by atoms with van der Waals surface area (Å²) in [5, 5.41) is 5.91. The molecule has 2 heterocycles. The number of carbonyl (C=O) groups is 2. The van der Waals surface area contributed by atoms with E-state index in [2.05, 4.69) is 10.6 Å². The first-order valence-corrected chi connectivity index (χ1v) is 5.74. The van der Waals surface area contributed by atoms with E-state index >= 15 is 0 Å². The number of hydrogen-bond donors (Lipinski definition) is 2. The van der Waals surface area contributed by atoms with E-state index in [1.807, 2.05) is 4.90 Å². The normalized spacial score (nSPS) is 23.2. The summed E-state index contributed by atoms with van der Waals surface area (Å²) in [5.74, 6) is 0.0542. The molecule has 2 saturated heterocycles. The summed E-state index contributed by atoms with van der Waals surface area (Å²) in [6.45, 7) is 6.21. The topological polar surface area (TPSA) is 64.7 Å². The fourth-order valence-electron chi connectivity index (χ4n) is 2.14. The lowest BCUT2D eigenvalue weighted by Gasteiger charge is -2.32. The first-order chi connectivity index (χ1) is 7.70. The van der Waals surface area contributed by atoms with Crippen LogP contribution in [0.1, 0.15) is 6.92 Å². The summed E-state index contributed by atoms with van der Waals surface area (Å²) in [7, 11) is 0. The van der Waals surface area contributed by atoms with Crippen molar-refractivity contribution in [1.82, 2.24) is 20.4 Å². The van der Waals surface area contributed by atoms with Crippen molar-refractivity contribution < 1.29 is 9.59 Å². The molecule has 0 aromatic carbocycles. The van der Waals surface area contributed by atoms with Crippen molar-refractivity contribution in [3.05, 3.63) is 0 Å². The summed E-state index contributed by atoms with van der Waals surface area (Å²) in [4.78, 5) is 27.0. The predicted octanol–water partition coefficient (Wildman–Crippen LogP) is -1.17. The van der Waals surface area contributed by atoms with Crippen LogP contribution >= 0.6 is 0 Å². The molecule has 6 nitrogen and oxygen atoms in total. The van der Waals surface area contributed by atoms with Gasteiger partial charge in [-0.3, -0.25) is 4.79 Å². The van der Waals surface area contributed by atoms with Crippen molar-refractivity contribution in [2.75, 3.05) is 39.3 Å². The Morgan fingerprint density at radius 1 is 1.25 bits per heavy atom. The second-order valence-corrected chi connectivity index (χ2v) is 4.18. The Hall–Kier alpha value is -1.30. The van der Waals surface area contributed by atoms with Crippen LogP contribution in [-0.2, 0) is 4.79 Å². The Bertz CT molecular complexity index is 289. The minimum absolute atomic E-state index is 0.0542. The monoisotopic (exact) mass is 226 g/mol. The van der Waals surface area contributed by atoms with Gasteiger partial charge in [0.05, 0.1) is 0 Å². The highest BCUT2D eigenvalue weighted by Gasteiger charge is 2.32. The third kappa shape index (κ3) is 2.11. The molecule has 6 heteroatoms. The van der Waals surface area contributed by atoms with Gasteiger partial charge in [0.1, 0.15) is 6.04 Å². The Morgan fingerprint density at radius 2 is 1.94 bits per heavy atom. The molecule has 0 radical (unpaired) electrons. The average Bonchev–Trinajstić information content (AvgIpc) is 2.75. The zero-order valence-electron chi connectivity index (χ0n) is 9.53. The standard InChI is InChI=1S/C10H18N4O2/c1-8(14-7-4-12-10(14)16)9(15)13-5-2-11-3-6-13/h8,11H,2-7H2,1H3,(H,12,16). The van der Waals surface area contributed by atoms with Crippen molar-refractivity contribution >= 4 is 11.9 Å². The second-order valence-electron chi connectivity index (χ2n) is 4.18. The molecule has 0 spiro atoms. The zero-order valence-corrected chi connectivity index (χ0v) is 9.53. The van der Waals surface area contributed by atoms with Crippen molar-refractivity contribution in [2.24, 2.45) is 0 Å². The van der Waals surface area contributed by atoms with Gasteiger partial charge >= 0.3 is 6.03 Å². The molecule has 3 amide bonds. The van der Waals surface area contributed by atoms with E-state index in [1.165, 1.54) is 0 Å². The fourth-order valence-corrected chi connectivity index (χ4v) is 2.14. The van der Waals surface area contributed by atoms with Crippen LogP contribution in [0.5, 0.6) is 0 Å². The fraction of sp³-hybridized carbons (Fsp3) is 0.800. The van der Waals surface area contributed by atoms with Crippen LogP contribution in [0.25, 0.3) is 0 Å². The summed E-state index contributed by atoms with van der Waals surface area (Å²) in [5.41, 5.74) is 0. The molecule has 1 unspecified atom stereocenters. The van der Waals surface area contributed by atoms with E-state index < -0.39 is 0 Å². The quantitative estimate of drug-likeness (QED) is 0.624. The van der Waals surface area contributed by atoms with Crippen LogP contribution in [0.2, 0.25) is 0 Å².